The molecule has 0 spiro atoms. The Morgan fingerprint density at radius 3 is 1.10 bits per heavy atom. The summed E-state index contributed by atoms with van der Waals surface area (Å²) in [6.07, 6.45) is 0. The van der Waals surface area contributed by atoms with Gasteiger partial charge in [0, 0.05) is 0 Å². The van der Waals surface area contributed by atoms with Gasteiger partial charge < -0.3 is 18.4 Å². The molecule has 4 nitrogen and oxygen atoms in total. The molecule has 0 fully saturated rings. The largest absolute Gasteiger partial charge is 0.734 e. The molecule has 30 heavy (non-hydrogen) atoms. The molecule has 0 aliphatic heterocycles. The topological polar surface area (TPSA) is 47.9 Å². The molecule has 0 saturated heterocycles. The summed E-state index contributed by atoms with van der Waals surface area (Å²) in [4.78, 5) is 0. The minimum Gasteiger partial charge on any atom is -0.482 e. The molecule has 1 N–H and O–H groups in total. The van der Waals surface area contributed by atoms with Gasteiger partial charge >= 0.3 is 8.80 Å². The molecular formula is C25H22O4Si. The maximum Gasteiger partial charge on any atom is 0.734 e. The SMILES string of the molecule is OC(c1ccccc1)[Si](Oc1ccccc1)(Oc1ccccc1)Oc1ccccc1. The molecule has 5 heteroatoms. The van der Waals surface area contributed by atoms with E-state index in [4.69, 9.17) is 13.3 Å². The second-order valence-corrected chi connectivity index (χ2v) is 9.03. The van der Waals surface area contributed by atoms with E-state index in [1.807, 2.05) is 121 Å². The van der Waals surface area contributed by atoms with Crippen LogP contribution in [0.25, 0.3) is 0 Å². The third-order valence-electron chi connectivity index (χ3n) is 4.46. The third-order valence-corrected chi connectivity index (χ3v) is 7.02. The highest BCUT2D eigenvalue weighted by Crippen LogP contribution is 2.32. The minimum absolute atomic E-state index is 0.561. The molecule has 1 atom stereocenters. The fraction of sp³-hybridized carbons (Fsp3) is 0.0400. The van der Waals surface area contributed by atoms with Gasteiger partial charge in [-0.2, -0.15) is 0 Å². The van der Waals surface area contributed by atoms with Crippen LogP contribution in [0.1, 0.15) is 11.3 Å². The van der Waals surface area contributed by atoms with Crippen LogP contribution in [0.3, 0.4) is 0 Å². The summed E-state index contributed by atoms with van der Waals surface area (Å²) < 4.78 is 19.1. The lowest BCUT2D eigenvalue weighted by Crippen LogP contribution is -2.60. The van der Waals surface area contributed by atoms with E-state index in [2.05, 4.69) is 0 Å². The van der Waals surface area contributed by atoms with Gasteiger partial charge in [0.1, 0.15) is 17.2 Å². The molecule has 4 rings (SSSR count). The van der Waals surface area contributed by atoms with Crippen molar-refractivity contribution in [3.8, 4) is 17.2 Å². The maximum absolute atomic E-state index is 11.5. The van der Waals surface area contributed by atoms with Gasteiger partial charge in [-0.1, -0.05) is 84.9 Å². The Hall–Kier alpha value is -3.54. The average molecular weight is 415 g/mol. The summed E-state index contributed by atoms with van der Waals surface area (Å²) >= 11 is 0. The van der Waals surface area contributed by atoms with Gasteiger partial charge in [0.15, 0.2) is 5.73 Å². The monoisotopic (exact) mass is 414 g/mol. The summed E-state index contributed by atoms with van der Waals surface area (Å²) in [5.41, 5.74) is -0.453. The number of hydrogen-bond acceptors (Lipinski definition) is 4. The molecule has 0 aliphatic rings. The number of benzene rings is 4. The van der Waals surface area contributed by atoms with Crippen molar-refractivity contribution in [2.75, 3.05) is 0 Å². The lowest BCUT2D eigenvalue weighted by molar-refractivity contribution is 0.139. The van der Waals surface area contributed by atoms with E-state index < -0.39 is 14.5 Å². The molecule has 0 radical (unpaired) electrons. The molecule has 0 bridgehead atoms. The lowest BCUT2D eigenvalue weighted by atomic mass is 10.2. The second-order valence-electron chi connectivity index (χ2n) is 6.66. The molecule has 0 heterocycles. The van der Waals surface area contributed by atoms with Crippen LogP contribution in [0.5, 0.6) is 17.2 Å². The molecule has 4 aromatic rings. The smallest absolute Gasteiger partial charge is 0.482 e. The summed E-state index contributed by atoms with van der Waals surface area (Å²) in [6.45, 7) is 0. The first-order valence-electron chi connectivity index (χ1n) is 9.70. The Kier molecular flexibility index (Phi) is 6.13. The molecule has 4 aromatic carbocycles. The quantitative estimate of drug-likeness (QED) is 0.390. The average Bonchev–Trinajstić information content (AvgIpc) is 2.81. The molecular weight excluding hydrogens is 392 g/mol. The summed E-state index contributed by atoms with van der Waals surface area (Å²) in [6, 6.07) is 37.2. The first-order valence-corrected chi connectivity index (χ1v) is 11.5. The fourth-order valence-electron chi connectivity index (χ4n) is 3.03. The number of para-hydroxylation sites is 3. The minimum atomic E-state index is -3.81. The Balaban J connectivity index is 1.81. The fourth-order valence-corrected chi connectivity index (χ4v) is 5.48. The van der Waals surface area contributed by atoms with Crippen LogP contribution in [0.4, 0.5) is 0 Å². The zero-order chi connectivity index (χ0) is 20.7. The van der Waals surface area contributed by atoms with E-state index in [0.29, 0.717) is 22.8 Å². The highest BCUT2D eigenvalue weighted by Gasteiger charge is 2.58. The maximum atomic E-state index is 11.5. The predicted molar refractivity (Wildman–Crippen MR) is 118 cm³/mol. The Morgan fingerprint density at radius 2 is 0.767 bits per heavy atom. The van der Waals surface area contributed by atoms with Crippen molar-refractivity contribution in [2.24, 2.45) is 0 Å². The van der Waals surface area contributed by atoms with Crippen LogP contribution in [-0.4, -0.2) is 13.9 Å². The van der Waals surface area contributed by atoms with E-state index >= 15 is 0 Å². The molecule has 1 unspecified atom stereocenters. The molecule has 0 aromatic heterocycles. The van der Waals surface area contributed by atoms with Crippen molar-refractivity contribution < 1.29 is 18.4 Å². The van der Waals surface area contributed by atoms with E-state index in [-0.39, 0.29) is 0 Å². The van der Waals surface area contributed by atoms with Crippen molar-refractivity contribution in [3.63, 3.8) is 0 Å². The van der Waals surface area contributed by atoms with Crippen LogP contribution in [0.2, 0.25) is 0 Å². The molecule has 0 amide bonds. The van der Waals surface area contributed by atoms with Gasteiger partial charge in [0.25, 0.3) is 0 Å². The van der Waals surface area contributed by atoms with Crippen molar-refractivity contribution in [2.45, 2.75) is 5.73 Å². The molecule has 0 saturated carbocycles. The van der Waals surface area contributed by atoms with E-state index in [1.165, 1.54) is 0 Å². The van der Waals surface area contributed by atoms with Gasteiger partial charge in [0.05, 0.1) is 0 Å². The Bertz CT molecular complexity index is 926. The summed E-state index contributed by atoms with van der Waals surface area (Å²) in [5, 5.41) is 11.5. The Morgan fingerprint density at radius 1 is 0.467 bits per heavy atom. The van der Waals surface area contributed by atoms with Gasteiger partial charge in [-0.05, 0) is 42.0 Å². The van der Waals surface area contributed by atoms with Crippen molar-refractivity contribution >= 4 is 8.80 Å². The van der Waals surface area contributed by atoms with Crippen LogP contribution in [-0.2, 0) is 0 Å². The third kappa shape index (κ3) is 4.71. The number of hydrogen-bond donors (Lipinski definition) is 1. The van der Waals surface area contributed by atoms with Crippen LogP contribution >= 0.6 is 0 Å². The van der Waals surface area contributed by atoms with E-state index in [1.54, 1.807) is 0 Å². The first-order chi connectivity index (χ1) is 14.8. The zero-order valence-corrected chi connectivity index (χ0v) is 17.3. The molecule has 150 valence electrons. The van der Waals surface area contributed by atoms with Gasteiger partial charge in [0.2, 0.25) is 0 Å². The normalized spacial score (nSPS) is 12.0. The van der Waals surface area contributed by atoms with Crippen molar-refractivity contribution in [1.82, 2.24) is 0 Å². The van der Waals surface area contributed by atoms with Gasteiger partial charge in [-0.15, -0.1) is 0 Å². The highest BCUT2D eigenvalue weighted by molar-refractivity contribution is 6.64. The van der Waals surface area contributed by atoms with Crippen LogP contribution in [0, 0.1) is 0 Å². The highest BCUT2D eigenvalue weighted by atomic mass is 28.4. The lowest BCUT2D eigenvalue weighted by Gasteiger charge is -2.33. The van der Waals surface area contributed by atoms with Crippen molar-refractivity contribution in [3.05, 3.63) is 127 Å². The van der Waals surface area contributed by atoms with Crippen molar-refractivity contribution in [1.29, 1.82) is 0 Å². The Labute approximate surface area is 177 Å². The standard InChI is InChI=1S/C25H22O4Si/c26-25(21-13-5-1-6-14-21)30(27-22-15-7-2-8-16-22,28-23-17-9-3-10-18-23)29-24-19-11-4-12-20-24/h1-20,25-26H. The second kappa shape index (κ2) is 9.30. The van der Waals surface area contributed by atoms with Crippen LogP contribution in [0.15, 0.2) is 121 Å². The molecule has 0 aliphatic carbocycles. The predicted octanol–water partition coefficient (Wildman–Crippen LogP) is 5.44. The van der Waals surface area contributed by atoms with E-state index in [0.717, 1.165) is 0 Å². The summed E-state index contributed by atoms with van der Waals surface area (Å²) in [5.74, 6) is 1.68. The number of aliphatic hydroxyl groups excluding tert-OH is 1. The van der Waals surface area contributed by atoms with Gasteiger partial charge in [-0.25, -0.2) is 0 Å². The van der Waals surface area contributed by atoms with E-state index in [9.17, 15) is 5.11 Å². The zero-order valence-electron chi connectivity index (χ0n) is 16.3. The summed E-state index contributed by atoms with van der Waals surface area (Å²) in [7, 11) is -3.81. The number of aliphatic hydroxyl groups is 1. The van der Waals surface area contributed by atoms with Gasteiger partial charge in [-0.3, -0.25) is 0 Å². The first kappa shape index (κ1) is 19.8. The van der Waals surface area contributed by atoms with Crippen LogP contribution < -0.4 is 13.3 Å². The number of rotatable bonds is 8.